The van der Waals surface area contributed by atoms with E-state index in [4.69, 9.17) is 9.47 Å². The number of amides is 1. The number of ether oxygens (including phenoxy) is 2. The number of hydrogen-bond donors (Lipinski definition) is 1. The zero-order chi connectivity index (χ0) is 31.3. The Morgan fingerprint density at radius 2 is 1.61 bits per heavy atom. The van der Waals surface area contributed by atoms with Gasteiger partial charge in [0.25, 0.3) is 15.9 Å². The Morgan fingerprint density at radius 1 is 0.909 bits per heavy atom. The number of piperidine rings is 1. The topological polar surface area (TPSA) is 119 Å². The minimum Gasteiger partial charge on any atom is -0.487 e. The van der Waals surface area contributed by atoms with E-state index < -0.39 is 31.6 Å². The molecule has 0 saturated carbocycles. The van der Waals surface area contributed by atoms with Gasteiger partial charge in [0.2, 0.25) is 10.0 Å². The highest BCUT2D eigenvalue weighted by atomic mass is 32.2. The summed E-state index contributed by atoms with van der Waals surface area (Å²) < 4.78 is 69.1. The fourth-order valence-corrected chi connectivity index (χ4v) is 9.22. The molecule has 0 aromatic heterocycles. The van der Waals surface area contributed by atoms with Gasteiger partial charge in [0.05, 0.1) is 22.0 Å². The van der Waals surface area contributed by atoms with Gasteiger partial charge in [0.15, 0.2) is 0 Å². The highest BCUT2D eigenvalue weighted by Gasteiger charge is 2.48. The molecular formula is C33H38N2O7S2. The summed E-state index contributed by atoms with van der Waals surface area (Å²) in [5.41, 5.74) is 1.46. The standard InChI is InChI=1S/C33H38N2O7S2/c1-22-8-7-19-35(21-22)44(39,40)26-14-12-25(13-15-26)43(37,38)34-32(36)24-11-17-30-27(20-24)31-28(33(2,3)42-30)16-18-29(41-31)23-9-5-4-6-10-23/h4-6,9-15,17,20,22,28-29,31H,7-8,16,18-19,21H2,1-3H3,(H,34,36)/t22?,28-,29+,31+/m1/s1. The van der Waals surface area contributed by atoms with E-state index in [0.29, 0.717) is 24.4 Å². The molecule has 1 unspecified atom stereocenters. The lowest BCUT2D eigenvalue weighted by Crippen LogP contribution is -2.47. The van der Waals surface area contributed by atoms with Crippen LogP contribution >= 0.6 is 0 Å². The summed E-state index contributed by atoms with van der Waals surface area (Å²) in [5, 5.41) is 0. The molecule has 0 aliphatic carbocycles. The Hall–Kier alpha value is -3.25. The fourth-order valence-electron chi connectivity index (χ4n) is 6.65. The Kier molecular flexibility index (Phi) is 8.11. The third-order valence-corrected chi connectivity index (χ3v) is 12.3. The Balaban J connectivity index is 1.21. The molecule has 3 aliphatic rings. The summed E-state index contributed by atoms with van der Waals surface area (Å²) in [7, 11) is -8.03. The van der Waals surface area contributed by atoms with Crippen molar-refractivity contribution in [3.05, 3.63) is 89.5 Å². The van der Waals surface area contributed by atoms with Crippen molar-refractivity contribution in [3.63, 3.8) is 0 Å². The molecule has 9 nitrogen and oxygen atoms in total. The van der Waals surface area contributed by atoms with Crippen molar-refractivity contribution >= 4 is 26.0 Å². The molecule has 234 valence electrons. The van der Waals surface area contributed by atoms with Gasteiger partial charge < -0.3 is 9.47 Å². The van der Waals surface area contributed by atoms with Gasteiger partial charge in [-0.1, -0.05) is 37.3 Å². The molecule has 4 atom stereocenters. The molecule has 2 saturated heterocycles. The number of benzene rings is 3. The number of fused-ring (bicyclic) bond motifs is 3. The lowest BCUT2D eigenvalue weighted by molar-refractivity contribution is -0.151. The van der Waals surface area contributed by atoms with Crippen molar-refractivity contribution < 1.29 is 31.1 Å². The number of rotatable bonds is 6. The number of nitrogens with zero attached hydrogens (tertiary/aromatic N) is 1. The first-order valence-electron chi connectivity index (χ1n) is 15.1. The molecule has 0 spiro atoms. The van der Waals surface area contributed by atoms with E-state index in [-0.39, 0.29) is 39.4 Å². The van der Waals surface area contributed by atoms with E-state index in [0.717, 1.165) is 31.2 Å². The maximum Gasteiger partial charge on any atom is 0.265 e. The van der Waals surface area contributed by atoms with Crippen molar-refractivity contribution in [2.45, 2.75) is 74.1 Å². The molecule has 1 N–H and O–H groups in total. The number of carbonyl (C=O) groups excluding carboxylic acids is 1. The number of sulfonamides is 2. The van der Waals surface area contributed by atoms with Crippen LogP contribution in [0.2, 0.25) is 0 Å². The summed E-state index contributed by atoms with van der Waals surface area (Å²) in [6.45, 7) is 6.96. The van der Waals surface area contributed by atoms with Gasteiger partial charge in [-0.05, 0) is 93.5 Å². The zero-order valence-corrected chi connectivity index (χ0v) is 26.7. The largest absolute Gasteiger partial charge is 0.487 e. The molecule has 3 aliphatic heterocycles. The number of hydrogen-bond acceptors (Lipinski definition) is 7. The van der Waals surface area contributed by atoms with E-state index in [1.807, 2.05) is 51.1 Å². The van der Waals surface area contributed by atoms with Crippen LogP contribution in [0, 0.1) is 11.8 Å². The van der Waals surface area contributed by atoms with Crippen molar-refractivity contribution in [3.8, 4) is 5.75 Å². The second-order valence-corrected chi connectivity index (χ2v) is 16.2. The lowest BCUT2D eigenvalue weighted by atomic mass is 9.74. The third-order valence-electron chi connectivity index (χ3n) is 9.05. The molecule has 3 aromatic carbocycles. The van der Waals surface area contributed by atoms with Crippen LogP contribution in [0.3, 0.4) is 0 Å². The summed E-state index contributed by atoms with van der Waals surface area (Å²) in [6, 6.07) is 19.9. The van der Waals surface area contributed by atoms with Crippen LogP contribution in [0.15, 0.2) is 82.6 Å². The Bertz CT molecular complexity index is 1760. The quantitative estimate of drug-likeness (QED) is 0.373. The average molecular weight is 639 g/mol. The van der Waals surface area contributed by atoms with Crippen LogP contribution in [-0.2, 0) is 24.8 Å². The van der Waals surface area contributed by atoms with Gasteiger partial charge >= 0.3 is 0 Å². The minimum absolute atomic E-state index is 0.0188. The summed E-state index contributed by atoms with van der Waals surface area (Å²) in [6.07, 6.45) is 3.01. The predicted molar refractivity (Wildman–Crippen MR) is 165 cm³/mol. The Morgan fingerprint density at radius 3 is 2.32 bits per heavy atom. The molecule has 0 radical (unpaired) electrons. The first-order valence-corrected chi connectivity index (χ1v) is 18.0. The van der Waals surface area contributed by atoms with Gasteiger partial charge in [-0.3, -0.25) is 4.79 Å². The first-order chi connectivity index (χ1) is 20.8. The molecule has 3 heterocycles. The van der Waals surface area contributed by atoms with Crippen molar-refractivity contribution in [1.82, 2.24) is 9.03 Å². The van der Waals surface area contributed by atoms with Crippen LogP contribution in [-0.4, -0.2) is 45.7 Å². The second-order valence-electron chi connectivity index (χ2n) is 12.6. The smallest absolute Gasteiger partial charge is 0.265 e. The normalized spacial score (nSPS) is 25.2. The average Bonchev–Trinajstić information content (AvgIpc) is 3.01. The molecule has 2 fully saturated rings. The zero-order valence-electron chi connectivity index (χ0n) is 25.1. The highest BCUT2D eigenvalue weighted by molar-refractivity contribution is 7.90. The maximum atomic E-state index is 13.3. The molecule has 0 bridgehead atoms. The van der Waals surface area contributed by atoms with E-state index in [2.05, 4.69) is 4.72 Å². The van der Waals surface area contributed by atoms with Gasteiger partial charge in [-0.15, -0.1) is 0 Å². The maximum absolute atomic E-state index is 13.3. The van der Waals surface area contributed by atoms with E-state index in [9.17, 15) is 21.6 Å². The molecule has 1 amide bonds. The molecule has 44 heavy (non-hydrogen) atoms. The van der Waals surface area contributed by atoms with Gasteiger partial charge in [-0.2, -0.15) is 4.31 Å². The molecule has 3 aromatic rings. The second kappa shape index (κ2) is 11.6. The van der Waals surface area contributed by atoms with Crippen LogP contribution in [0.1, 0.15) is 80.1 Å². The molecule has 11 heteroatoms. The van der Waals surface area contributed by atoms with Crippen LogP contribution in [0.25, 0.3) is 0 Å². The van der Waals surface area contributed by atoms with E-state index in [1.165, 1.54) is 34.6 Å². The number of nitrogens with one attached hydrogen (secondary N) is 1. The predicted octanol–water partition coefficient (Wildman–Crippen LogP) is 5.61. The SMILES string of the molecule is CC1CCCN(S(=O)(=O)c2ccc(S(=O)(=O)NC(=O)c3ccc4c(c3)[C@@H]3O[C@H](c5ccccc5)CC[C@H]3C(C)(C)O4)cc2)C1. The van der Waals surface area contributed by atoms with Crippen LogP contribution < -0.4 is 9.46 Å². The van der Waals surface area contributed by atoms with E-state index >= 15 is 0 Å². The Labute approximate surface area is 259 Å². The molecule has 6 rings (SSSR count). The van der Waals surface area contributed by atoms with Crippen molar-refractivity contribution in [2.24, 2.45) is 11.8 Å². The van der Waals surface area contributed by atoms with Crippen LogP contribution in [0.4, 0.5) is 0 Å². The van der Waals surface area contributed by atoms with Crippen LogP contribution in [0.5, 0.6) is 5.75 Å². The summed E-state index contributed by atoms with van der Waals surface area (Å²) >= 11 is 0. The monoisotopic (exact) mass is 638 g/mol. The lowest BCUT2D eigenvalue weighted by Gasteiger charge is -2.48. The number of carbonyl (C=O) groups is 1. The first kappa shape index (κ1) is 30.8. The van der Waals surface area contributed by atoms with E-state index in [1.54, 1.807) is 12.1 Å². The van der Waals surface area contributed by atoms with Gasteiger partial charge in [0.1, 0.15) is 11.4 Å². The summed E-state index contributed by atoms with van der Waals surface area (Å²) in [5.74, 6) is 0.101. The minimum atomic E-state index is -4.28. The fraction of sp³-hybridized carbons (Fsp3) is 0.424. The molecular weight excluding hydrogens is 601 g/mol. The summed E-state index contributed by atoms with van der Waals surface area (Å²) in [4.78, 5) is 13.1. The highest BCUT2D eigenvalue weighted by Crippen LogP contribution is 2.53. The van der Waals surface area contributed by atoms with Gasteiger partial charge in [-0.25, -0.2) is 21.6 Å². The third kappa shape index (κ3) is 5.90. The van der Waals surface area contributed by atoms with Crippen molar-refractivity contribution in [1.29, 1.82) is 0 Å². The van der Waals surface area contributed by atoms with Gasteiger partial charge in [0, 0.05) is 30.1 Å². The van der Waals surface area contributed by atoms with Crippen molar-refractivity contribution in [2.75, 3.05) is 13.1 Å².